The van der Waals surface area contributed by atoms with Gasteiger partial charge in [0.15, 0.2) is 0 Å². The largest absolute Gasteiger partial charge is 0.481 e. The molecule has 33 heavy (non-hydrogen) atoms. The minimum Gasteiger partial charge on any atom is -0.481 e. The third-order valence-electron chi connectivity index (χ3n) is 6.35. The SMILES string of the molecule is [2H]C(C)(C)N(CC1CCCCC1OCCCCCC(=O)O)C(=O)c1ccc(-c2ccco2)cc1. The lowest BCUT2D eigenvalue weighted by Gasteiger charge is -2.37. The van der Waals surface area contributed by atoms with Crippen LogP contribution in [0, 0.1) is 5.92 Å². The van der Waals surface area contributed by atoms with Gasteiger partial charge in [-0.25, -0.2) is 0 Å². The molecule has 1 aromatic carbocycles. The molecule has 6 heteroatoms. The number of carboxylic acids is 1. The molecule has 3 rings (SSSR count). The Morgan fingerprint density at radius 2 is 1.91 bits per heavy atom. The van der Waals surface area contributed by atoms with Crippen LogP contribution in [0.4, 0.5) is 0 Å². The van der Waals surface area contributed by atoms with Crippen LogP contribution in [0.3, 0.4) is 0 Å². The van der Waals surface area contributed by atoms with Gasteiger partial charge in [0.1, 0.15) is 5.76 Å². The fraction of sp³-hybridized carbons (Fsp3) is 0.556. The number of hydrogen-bond donors (Lipinski definition) is 1. The van der Waals surface area contributed by atoms with E-state index in [9.17, 15) is 9.59 Å². The summed E-state index contributed by atoms with van der Waals surface area (Å²) in [5, 5.41) is 8.76. The van der Waals surface area contributed by atoms with Crippen LogP contribution in [-0.4, -0.2) is 47.2 Å². The van der Waals surface area contributed by atoms with Crippen molar-refractivity contribution >= 4 is 11.9 Å². The molecule has 0 aliphatic heterocycles. The molecule has 0 spiro atoms. The van der Waals surface area contributed by atoms with E-state index in [1.54, 1.807) is 37.1 Å². The van der Waals surface area contributed by atoms with E-state index in [1.807, 2.05) is 24.3 Å². The predicted octanol–water partition coefficient (Wildman–Crippen LogP) is 6.02. The Morgan fingerprint density at radius 3 is 2.58 bits per heavy atom. The maximum Gasteiger partial charge on any atom is 0.303 e. The molecule has 1 aromatic heterocycles. The van der Waals surface area contributed by atoms with Crippen LogP contribution >= 0.6 is 0 Å². The summed E-state index contributed by atoms with van der Waals surface area (Å²) in [5.74, 6) is 0.0289. The number of rotatable bonds is 12. The van der Waals surface area contributed by atoms with Gasteiger partial charge < -0.3 is 19.2 Å². The Hall–Kier alpha value is -2.60. The van der Waals surface area contributed by atoms with E-state index in [0.717, 1.165) is 49.8 Å². The molecule has 6 nitrogen and oxygen atoms in total. The van der Waals surface area contributed by atoms with Crippen molar-refractivity contribution in [2.45, 2.75) is 77.3 Å². The molecule has 180 valence electrons. The number of benzene rings is 1. The number of carboxylic acid groups (broad SMARTS) is 1. The van der Waals surface area contributed by atoms with Crippen LogP contribution in [0.1, 0.15) is 76.9 Å². The standard InChI is InChI=1S/C27H37NO5/c1-20(2)28(27(31)22-15-13-21(14-16-22)24-11-8-18-33-24)19-23-9-5-6-10-25(23)32-17-7-3-4-12-26(29)30/h8,11,13-16,18,20,23,25H,3-7,9-10,12,17,19H2,1-2H3,(H,29,30)/i20D. The minimum absolute atomic E-state index is 0.0622. The van der Waals surface area contributed by atoms with Crippen LogP contribution in [0.2, 0.25) is 0 Å². The van der Waals surface area contributed by atoms with Crippen LogP contribution in [0.25, 0.3) is 11.3 Å². The third kappa shape index (κ3) is 7.46. The predicted molar refractivity (Wildman–Crippen MR) is 128 cm³/mol. The van der Waals surface area contributed by atoms with Gasteiger partial charge in [-0.1, -0.05) is 31.4 Å². The molecule has 2 atom stereocenters. The van der Waals surface area contributed by atoms with E-state index < -0.39 is 12.0 Å². The first-order chi connectivity index (χ1) is 16.3. The first-order valence-electron chi connectivity index (χ1n) is 12.5. The lowest BCUT2D eigenvalue weighted by Crippen LogP contribution is -2.44. The second kappa shape index (κ2) is 12.6. The normalized spacial score (nSPS) is 19.2. The molecule has 1 aliphatic rings. The number of aliphatic carboxylic acids is 1. The Morgan fingerprint density at radius 1 is 1.15 bits per heavy atom. The van der Waals surface area contributed by atoms with Crippen LogP contribution in [-0.2, 0) is 9.53 Å². The molecule has 1 heterocycles. The molecule has 1 N–H and O–H groups in total. The van der Waals surface area contributed by atoms with Gasteiger partial charge in [-0.3, -0.25) is 9.59 Å². The molecule has 0 radical (unpaired) electrons. The maximum atomic E-state index is 13.5. The first kappa shape index (κ1) is 23.6. The number of unbranched alkanes of at least 4 members (excludes halogenated alkanes) is 2. The monoisotopic (exact) mass is 456 g/mol. The Balaban J connectivity index is 1.62. The van der Waals surface area contributed by atoms with Crippen molar-refractivity contribution in [3.8, 4) is 11.3 Å². The highest BCUT2D eigenvalue weighted by molar-refractivity contribution is 5.94. The summed E-state index contributed by atoms with van der Waals surface area (Å²) in [6, 6.07) is 9.99. The fourth-order valence-corrected chi connectivity index (χ4v) is 4.47. The van der Waals surface area contributed by atoms with E-state index >= 15 is 0 Å². The second-order valence-electron chi connectivity index (χ2n) is 9.08. The molecule has 2 aromatic rings. The molecule has 1 fully saturated rings. The number of amides is 1. The van der Waals surface area contributed by atoms with Gasteiger partial charge in [0.2, 0.25) is 0 Å². The van der Waals surface area contributed by atoms with Crippen LogP contribution in [0.15, 0.2) is 47.1 Å². The summed E-state index contributed by atoms with van der Waals surface area (Å²) >= 11 is 0. The van der Waals surface area contributed by atoms with Crippen molar-refractivity contribution in [1.82, 2.24) is 4.90 Å². The summed E-state index contributed by atoms with van der Waals surface area (Å²) in [5.41, 5.74) is 1.46. The number of ether oxygens (including phenoxy) is 1. The van der Waals surface area contributed by atoms with Crippen molar-refractivity contribution < 1.29 is 25.2 Å². The van der Waals surface area contributed by atoms with E-state index in [2.05, 4.69) is 0 Å². The zero-order valence-electron chi connectivity index (χ0n) is 20.8. The highest BCUT2D eigenvalue weighted by Gasteiger charge is 2.30. The molecular formula is C27H37NO5. The number of furan rings is 1. The summed E-state index contributed by atoms with van der Waals surface area (Å²) < 4.78 is 20.3. The number of carbonyl (C=O) groups excluding carboxylic acids is 1. The highest BCUT2D eigenvalue weighted by Crippen LogP contribution is 2.29. The zero-order valence-corrected chi connectivity index (χ0v) is 19.8. The van der Waals surface area contributed by atoms with E-state index in [4.69, 9.17) is 15.6 Å². The van der Waals surface area contributed by atoms with Gasteiger partial charge in [-0.05, 0) is 63.8 Å². The lowest BCUT2D eigenvalue weighted by atomic mass is 9.85. The summed E-state index contributed by atoms with van der Waals surface area (Å²) in [6.45, 7) is 4.60. The average Bonchev–Trinajstić information content (AvgIpc) is 3.34. The molecular weight excluding hydrogens is 418 g/mol. The van der Waals surface area contributed by atoms with Crippen molar-refractivity contribution in [2.75, 3.05) is 13.2 Å². The highest BCUT2D eigenvalue weighted by atomic mass is 16.5. The van der Waals surface area contributed by atoms with Gasteiger partial charge in [-0.15, -0.1) is 0 Å². The van der Waals surface area contributed by atoms with E-state index in [1.165, 1.54) is 0 Å². The Labute approximate surface area is 198 Å². The summed E-state index contributed by atoms with van der Waals surface area (Å²) in [4.78, 5) is 25.8. The summed E-state index contributed by atoms with van der Waals surface area (Å²) in [6.07, 6.45) is 8.36. The molecule has 1 amide bonds. The van der Waals surface area contributed by atoms with Crippen LogP contribution in [0.5, 0.6) is 0 Å². The Bertz CT molecular complexity index is 904. The zero-order chi connectivity index (χ0) is 24.6. The average molecular weight is 457 g/mol. The van der Waals surface area contributed by atoms with Gasteiger partial charge in [-0.2, -0.15) is 0 Å². The number of nitrogens with zero attached hydrogens (tertiary/aromatic N) is 1. The Kier molecular flexibility index (Phi) is 8.99. The maximum absolute atomic E-state index is 13.5. The van der Waals surface area contributed by atoms with Crippen molar-refractivity contribution in [3.63, 3.8) is 0 Å². The smallest absolute Gasteiger partial charge is 0.303 e. The number of hydrogen-bond acceptors (Lipinski definition) is 4. The van der Waals surface area contributed by atoms with Gasteiger partial charge in [0.05, 0.1) is 13.7 Å². The van der Waals surface area contributed by atoms with Crippen molar-refractivity contribution in [2.24, 2.45) is 5.92 Å². The van der Waals surface area contributed by atoms with Gasteiger partial charge in [0, 0.05) is 42.6 Å². The first-order valence-corrected chi connectivity index (χ1v) is 12.0. The third-order valence-corrected chi connectivity index (χ3v) is 6.35. The summed E-state index contributed by atoms with van der Waals surface area (Å²) in [7, 11) is 0. The molecule has 0 saturated heterocycles. The number of carbonyl (C=O) groups is 2. The van der Waals surface area contributed by atoms with Crippen LogP contribution < -0.4 is 0 Å². The van der Waals surface area contributed by atoms with Gasteiger partial charge in [0.25, 0.3) is 5.91 Å². The van der Waals surface area contributed by atoms with E-state index in [0.29, 0.717) is 25.1 Å². The fourth-order valence-electron chi connectivity index (χ4n) is 4.47. The van der Waals surface area contributed by atoms with Crippen molar-refractivity contribution in [1.29, 1.82) is 0 Å². The second-order valence-corrected chi connectivity index (χ2v) is 9.08. The molecule has 0 bridgehead atoms. The topological polar surface area (TPSA) is 80.0 Å². The molecule has 2 unspecified atom stereocenters. The van der Waals surface area contributed by atoms with Gasteiger partial charge >= 0.3 is 5.97 Å². The quantitative estimate of drug-likeness (QED) is 0.395. The minimum atomic E-state index is -1.06. The molecule has 1 saturated carbocycles. The van der Waals surface area contributed by atoms with Crippen molar-refractivity contribution in [3.05, 3.63) is 48.2 Å². The lowest BCUT2D eigenvalue weighted by molar-refractivity contribution is -0.137. The van der Waals surface area contributed by atoms with E-state index in [-0.39, 0.29) is 24.3 Å². The molecule has 1 aliphatic carbocycles.